The second kappa shape index (κ2) is 10.7. The molecule has 9 heteroatoms. The SMILES string of the molecule is COc1ccccc1NC(=O)c1ccc(N2C[C@H]3C[C@@H](C2)c2cccc(=O)n2C3)c(NC(=O)c2ccncc2)c1. The molecule has 0 unspecified atom stereocenters. The third kappa shape index (κ3) is 4.93. The van der Waals surface area contributed by atoms with E-state index in [4.69, 9.17) is 4.74 Å². The van der Waals surface area contributed by atoms with E-state index in [0.717, 1.165) is 24.3 Å². The molecule has 40 heavy (non-hydrogen) atoms. The summed E-state index contributed by atoms with van der Waals surface area (Å²) in [6.07, 6.45) is 4.15. The number of rotatable bonds is 6. The highest BCUT2D eigenvalue weighted by atomic mass is 16.5. The fraction of sp³-hybridized carbons (Fsp3) is 0.226. The summed E-state index contributed by atoms with van der Waals surface area (Å²) < 4.78 is 7.27. The van der Waals surface area contributed by atoms with Crippen molar-refractivity contribution in [3.05, 3.63) is 112 Å². The minimum absolute atomic E-state index is 0.0383. The van der Waals surface area contributed by atoms with Crippen molar-refractivity contribution in [2.24, 2.45) is 5.92 Å². The summed E-state index contributed by atoms with van der Waals surface area (Å²) in [6, 6.07) is 21.3. The first-order valence-electron chi connectivity index (χ1n) is 13.2. The van der Waals surface area contributed by atoms with Gasteiger partial charge in [0.25, 0.3) is 17.4 Å². The summed E-state index contributed by atoms with van der Waals surface area (Å²) >= 11 is 0. The van der Waals surface area contributed by atoms with Crippen molar-refractivity contribution < 1.29 is 14.3 Å². The third-order valence-corrected chi connectivity index (χ3v) is 7.63. The Bertz CT molecular complexity index is 1630. The molecule has 1 saturated heterocycles. The molecule has 202 valence electrons. The number of benzene rings is 2. The Kier molecular flexibility index (Phi) is 6.77. The molecule has 2 aromatic heterocycles. The topological polar surface area (TPSA) is 106 Å². The van der Waals surface area contributed by atoms with Gasteiger partial charge in [0.1, 0.15) is 5.75 Å². The lowest BCUT2D eigenvalue weighted by molar-refractivity contribution is 0.101. The van der Waals surface area contributed by atoms with Crippen LogP contribution in [0.5, 0.6) is 5.75 Å². The van der Waals surface area contributed by atoms with Crippen LogP contribution in [0.3, 0.4) is 0 Å². The maximum absolute atomic E-state index is 13.3. The maximum Gasteiger partial charge on any atom is 0.255 e. The van der Waals surface area contributed by atoms with Gasteiger partial charge in [-0.05, 0) is 60.9 Å². The molecule has 1 fully saturated rings. The van der Waals surface area contributed by atoms with E-state index >= 15 is 0 Å². The highest BCUT2D eigenvalue weighted by Crippen LogP contribution is 2.39. The third-order valence-electron chi connectivity index (χ3n) is 7.63. The van der Waals surface area contributed by atoms with Gasteiger partial charge in [-0.15, -0.1) is 0 Å². The van der Waals surface area contributed by atoms with Gasteiger partial charge in [0.05, 0.1) is 24.2 Å². The van der Waals surface area contributed by atoms with Gasteiger partial charge in [-0.1, -0.05) is 18.2 Å². The summed E-state index contributed by atoms with van der Waals surface area (Å²) in [6.45, 7) is 2.10. The van der Waals surface area contributed by atoms with Gasteiger partial charge in [-0.2, -0.15) is 0 Å². The minimum atomic E-state index is -0.320. The lowest BCUT2D eigenvalue weighted by Gasteiger charge is -2.44. The molecular formula is C31H29N5O4. The summed E-state index contributed by atoms with van der Waals surface area (Å²) in [4.78, 5) is 45.2. The van der Waals surface area contributed by atoms with Crippen LogP contribution in [0.2, 0.25) is 0 Å². The Labute approximate surface area is 231 Å². The molecule has 2 aromatic carbocycles. The Morgan fingerprint density at radius 1 is 0.850 bits per heavy atom. The number of hydrogen-bond acceptors (Lipinski definition) is 6. The second-order valence-corrected chi connectivity index (χ2v) is 10.2. The predicted octanol–water partition coefficient (Wildman–Crippen LogP) is 4.38. The molecular weight excluding hydrogens is 506 g/mol. The summed E-state index contributed by atoms with van der Waals surface area (Å²) in [7, 11) is 1.55. The quantitative estimate of drug-likeness (QED) is 0.380. The lowest BCUT2D eigenvalue weighted by atomic mass is 9.83. The number of nitrogens with zero attached hydrogens (tertiary/aromatic N) is 3. The molecule has 4 heterocycles. The summed E-state index contributed by atoms with van der Waals surface area (Å²) in [5, 5.41) is 5.94. The van der Waals surface area contributed by atoms with Crippen LogP contribution < -0.4 is 25.8 Å². The van der Waals surface area contributed by atoms with Crippen LogP contribution in [0.25, 0.3) is 0 Å². The molecule has 0 spiro atoms. The minimum Gasteiger partial charge on any atom is -0.495 e. The first-order valence-corrected chi connectivity index (χ1v) is 13.2. The molecule has 2 aliphatic heterocycles. The number of carbonyl (C=O) groups excluding carboxylic acids is 2. The van der Waals surface area contributed by atoms with E-state index in [1.165, 1.54) is 0 Å². The molecule has 0 radical (unpaired) electrons. The molecule has 6 rings (SSSR count). The smallest absolute Gasteiger partial charge is 0.255 e. The van der Waals surface area contributed by atoms with Crippen molar-refractivity contribution in [3.8, 4) is 5.75 Å². The maximum atomic E-state index is 13.3. The zero-order valence-corrected chi connectivity index (χ0v) is 22.0. The average Bonchev–Trinajstić information content (AvgIpc) is 2.98. The molecule has 2 N–H and O–H groups in total. The number of nitrogens with one attached hydrogen (secondary N) is 2. The molecule has 0 aliphatic carbocycles. The van der Waals surface area contributed by atoms with Crippen molar-refractivity contribution >= 4 is 28.9 Å². The van der Waals surface area contributed by atoms with E-state index in [-0.39, 0.29) is 23.3 Å². The van der Waals surface area contributed by atoms with Crippen LogP contribution >= 0.6 is 0 Å². The van der Waals surface area contributed by atoms with E-state index in [1.54, 1.807) is 62.0 Å². The number of hydrogen-bond donors (Lipinski definition) is 2. The lowest BCUT2D eigenvalue weighted by Crippen LogP contribution is -2.47. The summed E-state index contributed by atoms with van der Waals surface area (Å²) in [5.41, 5.74) is 3.87. The van der Waals surface area contributed by atoms with Crippen LogP contribution in [0, 0.1) is 5.92 Å². The van der Waals surface area contributed by atoms with Gasteiger partial charge < -0.3 is 24.8 Å². The van der Waals surface area contributed by atoms with E-state index in [9.17, 15) is 14.4 Å². The number of carbonyl (C=O) groups is 2. The highest BCUT2D eigenvalue weighted by Gasteiger charge is 2.35. The van der Waals surface area contributed by atoms with Gasteiger partial charge in [-0.3, -0.25) is 19.4 Å². The fourth-order valence-corrected chi connectivity index (χ4v) is 5.79. The second-order valence-electron chi connectivity index (χ2n) is 10.2. The first kappa shape index (κ1) is 25.4. The number of anilines is 3. The largest absolute Gasteiger partial charge is 0.495 e. The number of methoxy groups -OCH3 is 1. The Hall–Kier alpha value is -4.92. The summed E-state index contributed by atoms with van der Waals surface area (Å²) in [5.74, 6) is 0.430. The van der Waals surface area contributed by atoms with E-state index in [2.05, 4.69) is 20.5 Å². The highest BCUT2D eigenvalue weighted by molar-refractivity contribution is 6.09. The van der Waals surface area contributed by atoms with Crippen molar-refractivity contribution in [3.63, 3.8) is 0 Å². The number of aromatic nitrogens is 2. The number of para-hydroxylation sites is 2. The van der Waals surface area contributed by atoms with Crippen LogP contribution in [0.15, 0.2) is 90.0 Å². The van der Waals surface area contributed by atoms with E-state index < -0.39 is 0 Å². The molecule has 9 nitrogen and oxygen atoms in total. The Morgan fingerprint density at radius 3 is 2.45 bits per heavy atom. The number of amides is 2. The van der Waals surface area contributed by atoms with Crippen LogP contribution in [0.4, 0.5) is 17.1 Å². The van der Waals surface area contributed by atoms with Crippen LogP contribution in [-0.2, 0) is 6.54 Å². The van der Waals surface area contributed by atoms with Gasteiger partial charge in [0.15, 0.2) is 0 Å². The van der Waals surface area contributed by atoms with Gasteiger partial charge in [-0.25, -0.2) is 0 Å². The normalized spacial score (nSPS) is 17.5. The average molecular weight is 536 g/mol. The number of piperidine rings is 1. The zero-order valence-electron chi connectivity index (χ0n) is 22.0. The molecule has 2 atom stereocenters. The van der Waals surface area contributed by atoms with E-state index in [1.807, 2.05) is 34.9 Å². The van der Waals surface area contributed by atoms with Crippen molar-refractivity contribution in [1.82, 2.24) is 9.55 Å². The molecule has 2 amide bonds. The number of ether oxygens (including phenoxy) is 1. The van der Waals surface area contributed by atoms with Gasteiger partial charge in [0, 0.05) is 60.8 Å². The van der Waals surface area contributed by atoms with Crippen LogP contribution in [-0.4, -0.2) is 41.6 Å². The Morgan fingerprint density at radius 2 is 1.62 bits per heavy atom. The van der Waals surface area contributed by atoms with Crippen molar-refractivity contribution in [2.75, 3.05) is 35.7 Å². The number of pyridine rings is 2. The van der Waals surface area contributed by atoms with E-state index in [0.29, 0.717) is 47.3 Å². The van der Waals surface area contributed by atoms with Crippen molar-refractivity contribution in [2.45, 2.75) is 18.9 Å². The molecule has 2 aliphatic rings. The van der Waals surface area contributed by atoms with Gasteiger partial charge >= 0.3 is 0 Å². The molecule has 2 bridgehead atoms. The standard InChI is InChI=1S/C31H29N5O4/c1-40-28-7-3-2-5-24(28)33-31(39)22-9-10-27(25(16-22)34-30(38)21-11-13-32-14-12-21)35-17-20-15-23(19-35)26-6-4-8-29(37)36(26)18-20/h2-14,16,20,23H,15,17-19H2,1H3,(H,33,39)(H,34,38)/t20-,23+/m1/s1. The number of fused-ring (bicyclic) bond motifs is 4. The monoisotopic (exact) mass is 535 g/mol. The van der Waals surface area contributed by atoms with Crippen molar-refractivity contribution in [1.29, 1.82) is 0 Å². The first-order chi connectivity index (χ1) is 19.5. The molecule has 4 aromatic rings. The van der Waals surface area contributed by atoms with Gasteiger partial charge in [0.2, 0.25) is 0 Å². The zero-order chi connectivity index (χ0) is 27.6. The predicted molar refractivity (Wildman–Crippen MR) is 153 cm³/mol. The Balaban J connectivity index is 1.33. The molecule has 0 saturated carbocycles. The fourth-order valence-electron chi connectivity index (χ4n) is 5.79. The van der Waals surface area contributed by atoms with Crippen LogP contribution in [0.1, 0.15) is 38.7 Å².